The molecule has 0 spiro atoms. The zero-order chi connectivity index (χ0) is 13.3. The number of benzene rings is 1. The van der Waals surface area contributed by atoms with E-state index in [0.717, 1.165) is 12.1 Å². The number of aromatic nitrogens is 1. The van der Waals surface area contributed by atoms with Gasteiger partial charge in [-0.2, -0.15) is 0 Å². The van der Waals surface area contributed by atoms with E-state index in [2.05, 4.69) is 26.2 Å². The van der Waals surface area contributed by atoms with E-state index in [1.165, 1.54) is 12.4 Å². The SMILES string of the molecule is Nc1cncc(Br)c1Nc1c(F)cc(F)cc1Cl. The molecule has 0 saturated carbocycles. The summed E-state index contributed by atoms with van der Waals surface area (Å²) in [5, 5.41) is 2.65. The molecule has 0 fully saturated rings. The highest BCUT2D eigenvalue weighted by molar-refractivity contribution is 9.10. The molecule has 18 heavy (non-hydrogen) atoms. The standard InChI is InChI=1S/C11H7BrClF2N3/c12-6-3-17-4-9(16)10(6)18-11-7(13)1-5(14)2-8(11)15/h1-4H,16H2,(H,17,18). The van der Waals surface area contributed by atoms with Crippen molar-refractivity contribution in [1.29, 1.82) is 0 Å². The zero-order valence-electron chi connectivity index (χ0n) is 8.85. The summed E-state index contributed by atoms with van der Waals surface area (Å²) in [6, 6.07) is 1.75. The Morgan fingerprint density at radius 1 is 1.22 bits per heavy atom. The molecule has 0 atom stereocenters. The van der Waals surface area contributed by atoms with Crippen molar-refractivity contribution < 1.29 is 8.78 Å². The highest BCUT2D eigenvalue weighted by Gasteiger charge is 2.13. The third-order valence-corrected chi connectivity index (χ3v) is 3.09. The van der Waals surface area contributed by atoms with E-state index in [1.807, 2.05) is 0 Å². The third-order valence-electron chi connectivity index (χ3n) is 2.19. The predicted octanol–water partition coefficient (Wildman–Crippen LogP) is 4.10. The third kappa shape index (κ3) is 2.54. The topological polar surface area (TPSA) is 50.9 Å². The summed E-state index contributed by atoms with van der Waals surface area (Å²) in [6.45, 7) is 0. The fourth-order valence-corrected chi connectivity index (χ4v) is 2.06. The van der Waals surface area contributed by atoms with Crippen LogP contribution in [0.15, 0.2) is 29.0 Å². The van der Waals surface area contributed by atoms with E-state index in [0.29, 0.717) is 15.8 Å². The number of nitrogens with two attached hydrogens (primary N) is 1. The number of hydrogen-bond donors (Lipinski definition) is 2. The monoisotopic (exact) mass is 333 g/mol. The van der Waals surface area contributed by atoms with Gasteiger partial charge in [-0.1, -0.05) is 11.6 Å². The van der Waals surface area contributed by atoms with Gasteiger partial charge in [0.1, 0.15) is 5.82 Å². The molecule has 1 aromatic heterocycles. The van der Waals surface area contributed by atoms with Crippen LogP contribution in [0.3, 0.4) is 0 Å². The van der Waals surface area contributed by atoms with Crippen LogP contribution in [-0.4, -0.2) is 4.98 Å². The Hall–Kier alpha value is -1.40. The van der Waals surface area contributed by atoms with E-state index in [4.69, 9.17) is 17.3 Å². The van der Waals surface area contributed by atoms with Crippen LogP contribution in [0.25, 0.3) is 0 Å². The Morgan fingerprint density at radius 3 is 2.56 bits per heavy atom. The molecule has 0 saturated heterocycles. The summed E-state index contributed by atoms with van der Waals surface area (Å²) < 4.78 is 27.1. The number of pyridine rings is 1. The maximum absolute atomic E-state index is 13.6. The molecule has 0 unspecified atom stereocenters. The second-order valence-electron chi connectivity index (χ2n) is 3.45. The van der Waals surface area contributed by atoms with Gasteiger partial charge in [-0.3, -0.25) is 4.98 Å². The number of nitrogens with zero attached hydrogens (tertiary/aromatic N) is 1. The lowest BCUT2D eigenvalue weighted by Gasteiger charge is -2.13. The quantitative estimate of drug-likeness (QED) is 0.869. The van der Waals surface area contributed by atoms with E-state index in [1.54, 1.807) is 0 Å². The van der Waals surface area contributed by atoms with Crippen LogP contribution >= 0.6 is 27.5 Å². The number of halogens is 4. The lowest BCUT2D eigenvalue weighted by atomic mass is 10.2. The molecule has 94 valence electrons. The van der Waals surface area contributed by atoms with Gasteiger partial charge < -0.3 is 11.1 Å². The maximum Gasteiger partial charge on any atom is 0.151 e. The van der Waals surface area contributed by atoms with Crippen molar-refractivity contribution >= 4 is 44.6 Å². The highest BCUT2D eigenvalue weighted by atomic mass is 79.9. The number of hydrogen-bond acceptors (Lipinski definition) is 3. The molecular weight excluding hydrogens is 327 g/mol. The molecule has 7 heteroatoms. The fraction of sp³-hybridized carbons (Fsp3) is 0. The lowest BCUT2D eigenvalue weighted by molar-refractivity contribution is 0.586. The Labute approximate surface area is 115 Å². The van der Waals surface area contributed by atoms with Crippen LogP contribution in [0.1, 0.15) is 0 Å². The Balaban J connectivity index is 2.47. The van der Waals surface area contributed by atoms with Crippen molar-refractivity contribution in [2.24, 2.45) is 0 Å². The molecular formula is C11H7BrClF2N3. The summed E-state index contributed by atoms with van der Waals surface area (Å²) in [7, 11) is 0. The predicted molar refractivity (Wildman–Crippen MR) is 71.0 cm³/mol. The molecule has 1 aromatic carbocycles. The number of rotatable bonds is 2. The van der Waals surface area contributed by atoms with Crippen molar-refractivity contribution in [3.05, 3.63) is 45.7 Å². The van der Waals surface area contributed by atoms with E-state index >= 15 is 0 Å². The van der Waals surface area contributed by atoms with Gasteiger partial charge in [0.25, 0.3) is 0 Å². The van der Waals surface area contributed by atoms with Crippen molar-refractivity contribution in [3.8, 4) is 0 Å². The lowest BCUT2D eigenvalue weighted by Crippen LogP contribution is -2.01. The molecule has 3 N–H and O–H groups in total. The second-order valence-corrected chi connectivity index (χ2v) is 4.72. The van der Waals surface area contributed by atoms with Gasteiger partial charge in [0.15, 0.2) is 5.82 Å². The van der Waals surface area contributed by atoms with Gasteiger partial charge in [0.05, 0.1) is 32.8 Å². The molecule has 0 bridgehead atoms. The van der Waals surface area contributed by atoms with E-state index < -0.39 is 11.6 Å². The second kappa shape index (κ2) is 5.07. The average Bonchev–Trinajstić information content (AvgIpc) is 2.26. The summed E-state index contributed by atoms with van der Waals surface area (Å²) in [6.07, 6.45) is 2.90. The average molecular weight is 335 g/mol. The molecule has 0 radical (unpaired) electrons. The van der Waals surface area contributed by atoms with Crippen molar-refractivity contribution in [2.75, 3.05) is 11.1 Å². The minimum absolute atomic E-state index is 0.0448. The maximum atomic E-state index is 13.6. The normalized spacial score (nSPS) is 10.4. The summed E-state index contributed by atoms with van der Waals surface area (Å²) >= 11 is 9.00. The molecule has 2 aromatic rings. The first-order valence-electron chi connectivity index (χ1n) is 4.79. The number of nitrogen functional groups attached to an aromatic ring is 1. The minimum atomic E-state index is -0.803. The fourth-order valence-electron chi connectivity index (χ4n) is 1.37. The van der Waals surface area contributed by atoms with Crippen LogP contribution in [0.4, 0.5) is 25.8 Å². The smallest absolute Gasteiger partial charge is 0.151 e. The van der Waals surface area contributed by atoms with Crippen LogP contribution in [0.2, 0.25) is 5.02 Å². The van der Waals surface area contributed by atoms with Gasteiger partial charge >= 0.3 is 0 Å². The zero-order valence-corrected chi connectivity index (χ0v) is 11.2. The Bertz CT molecular complexity index is 564. The van der Waals surface area contributed by atoms with Gasteiger partial charge in [-0.25, -0.2) is 8.78 Å². The van der Waals surface area contributed by atoms with Crippen molar-refractivity contribution in [3.63, 3.8) is 0 Å². The van der Waals surface area contributed by atoms with Crippen LogP contribution in [0.5, 0.6) is 0 Å². The van der Waals surface area contributed by atoms with Crippen LogP contribution in [-0.2, 0) is 0 Å². The summed E-state index contributed by atoms with van der Waals surface area (Å²) in [4.78, 5) is 3.85. The largest absolute Gasteiger partial charge is 0.396 e. The van der Waals surface area contributed by atoms with Crippen LogP contribution in [0, 0.1) is 11.6 Å². The molecule has 1 heterocycles. The first kappa shape index (κ1) is 13.0. The van der Waals surface area contributed by atoms with E-state index in [-0.39, 0.29) is 10.7 Å². The van der Waals surface area contributed by atoms with Gasteiger partial charge in [-0.05, 0) is 22.0 Å². The summed E-state index contributed by atoms with van der Waals surface area (Å²) in [5.74, 6) is -1.55. The number of nitrogens with one attached hydrogen (secondary N) is 1. The molecule has 2 rings (SSSR count). The van der Waals surface area contributed by atoms with Crippen LogP contribution < -0.4 is 11.1 Å². The highest BCUT2D eigenvalue weighted by Crippen LogP contribution is 2.34. The van der Waals surface area contributed by atoms with Crippen molar-refractivity contribution in [2.45, 2.75) is 0 Å². The number of anilines is 3. The Morgan fingerprint density at radius 2 is 1.94 bits per heavy atom. The van der Waals surface area contributed by atoms with Gasteiger partial charge in [-0.15, -0.1) is 0 Å². The minimum Gasteiger partial charge on any atom is -0.396 e. The molecule has 0 aliphatic rings. The Kier molecular flexibility index (Phi) is 3.68. The molecule has 0 aliphatic heterocycles. The van der Waals surface area contributed by atoms with Gasteiger partial charge in [0, 0.05) is 12.3 Å². The molecule has 0 amide bonds. The van der Waals surface area contributed by atoms with Crippen molar-refractivity contribution in [1.82, 2.24) is 4.98 Å². The molecule has 3 nitrogen and oxygen atoms in total. The first-order chi connectivity index (χ1) is 8.49. The van der Waals surface area contributed by atoms with E-state index in [9.17, 15) is 8.78 Å². The van der Waals surface area contributed by atoms with Gasteiger partial charge in [0.2, 0.25) is 0 Å². The molecule has 0 aliphatic carbocycles. The summed E-state index contributed by atoms with van der Waals surface area (Å²) in [5.41, 5.74) is 6.38. The first-order valence-corrected chi connectivity index (χ1v) is 5.96.